The Hall–Kier alpha value is 0.581. The molecule has 0 aliphatic heterocycles. The van der Waals surface area contributed by atoms with Crippen LogP contribution in [0.5, 0.6) is 0 Å². The first-order valence-corrected chi connectivity index (χ1v) is 3.32. The van der Waals surface area contributed by atoms with Gasteiger partial charge in [0.25, 0.3) is 0 Å². The molecule has 1 aromatic rings. The summed E-state index contributed by atoms with van der Waals surface area (Å²) in [7, 11) is -1.39. The molecule has 0 aliphatic carbocycles. The Balaban J connectivity index is 0.00000121. The topological polar surface area (TPSA) is 40.5 Å². The summed E-state index contributed by atoms with van der Waals surface area (Å²) < 4.78 is 0. The van der Waals surface area contributed by atoms with Gasteiger partial charge < -0.3 is 10.0 Å². The average Bonchev–Trinajstić information content (AvgIpc) is 2.05. The van der Waals surface area contributed by atoms with E-state index in [9.17, 15) is 0 Å². The van der Waals surface area contributed by atoms with E-state index in [4.69, 9.17) is 10.0 Å². The van der Waals surface area contributed by atoms with Crippen molar-refractivity contribution in [3.8, 4) is 0 Å². The summed E-state index contributed by atoms with van der Waals surface area (Å²) in [5, 5.41) is 17.5. The molecule has 12 heavy (non-hydrogen) atoms. The van der Waals surface area contributed by atoms with Crippen LogP contribution >= 0.6 is 0 Å². The van der Waals surface area contributed by atoms with E-state index < -0.39 is 7.12 Å². The molecule has 0 amide bonds. The van der Waals surface area contributed by atoms with Gasteiger partial charge in [-0.05, 0) is 11.0 Å². The van der Waals surface area contributed by atoms with Crippen molar-refractivity contribution in [2.45, 2.75) is 0 Å². The van der Waals surface area contributed by atoms with Crippen LogP contribution in [-0.2, 0) is 0 Å². The summed E-state index contributed by atoms with van der Waals surface area (Å²) in [6.45, 7) is 3.57. The molecule has 0 fully saturated rings. The van der Waals surface area contributed by atoms with Crippen molar-refractivity contribution in [2.75, 3.05) is 0 Å². The van der Waals surface area contributed by atoms with Crippen molar-refractivity contribution in [3.05, 3.63) is 36.4 Å². The zero-order chi connectivity index (χ0) is 8.27. The van der Waals surface area contributed by atoms with Gasteiger partial charge >= 0.3 is 58.5 Å². The van der Waals surface area contributed by atoms with Crippen LogP contribution in [0.25, 0.3) is 6.08 Å². The van der Waals surface area contributed by atoms with Gasteiger partial charge in [-0.1, -0.05) is 36.9 Å². The minimum atomic E-state index is -1.39. The molecule has 1 aromatic carbocycles. The Labute approximate surface area is 115 Å². The van der Waals surface area contributed by atoms with Gasteiger partial charge in [0.15, 0.2) is 0 Å². The van der Waals surface area contributed by atoms with E-state index >= 15 is 0 Å². The number of benzene rings is 1. The molecule has 0 aliphatic rings. The Morgan fingerprint density at radius 2 is 2.00 bits per heavy atom. The molecule has 58 valence electrons. The van der Waals surface area contributed by atoms with Crippen molar-refractivity contribution in [3.63, 3.8) is 0 Å². The minimum absolute atomic E-state index is 0. The van der Waals surface area contributed by atoms with E-state index in [0.29, 0.717) is 5.46 Å². The molecule has 2 nitrogen and oxygen atoms in total. The summed E-state index contributed by atoms with van der Waals surface area (Å²) >= 11 is 0. The first-order chi connectivity index (χ1) is 5.24. The van der Waals surface area contributed by atoms with Crippen LogP contribution in [0, 0.1) is 0 Å². The van der Waals surface area contributed by atoms with Gasteiger partial charge in [-0.25, -0.2) is 0 Å². The van der Waals surface area contributed by atoms with Gasteiger partial charge in [-0.3, -0.25) is 0 Å². The van der Waals surface area contributed by atoms with Gasteiger partial charge in [0.1, 0.15) is 0 Å². The fraction of sp³-hybridized carbons (Fsp3) is 0. The number of hydrogen-bond donors (Lipinski definition) is 2. The summed E-state index contributed by atoms with van der Waals surface area (Å²) in [5.74, 6) is 0. The first-order valence-electron chi connectivity index (χ1n) is 3.32. The average molecular weight is 188 g/mol. The fourth-order valence-corrected chi connectivity index (χ4v) is 0.847. The van der Waals surface area contributed by atoms with Gasteiger partial charge in [0.2, 0.25) is 0 Å². The standard InChI is InChI=1S/C8H9BO2.K.H/c1-2-7-4-3-5-8(6-7)9(10)11;;/h2-6,10-11H,1H2;;. The maximum atomic E-state index is 8.76. The quantitative estimate of drug-likeness (QED) is 0.606. The second kappa shape index (κ2) is 6.10. The van der Waals surface area contributed by atoms with Crippen molar-refractivity contribution in [1.29, 1.82) is 0 Å². The zero-order valence-electron chi connectivity index (χ0n) is 6.07. The first kappa shape index (κ1) is 12.6. The third-order valence-corrected chi connectivity index (χ3v) is 1.44. The molecular weight excluding hydrogens is 178 g/mol. The third-order valence-electron chi connectivity index (χ3n) is 1.44. The van der Waals surface area contributed by atoms with E-state index in [1.807, 2.05) is 6.07 Å². The van der Waals surface area contributed by atoms with E-state index in [0.717, 1.165) is 5.56 Å². The third kappa shape index (κ3) is 3.53. The van der Waals surface area contributed by atoms with Gasteiger partial charge in [0, 0.05) is 0 Å². The Morgan fingerprint density at radius 3 is 2.50 bits per heavy atom. The van der Waals surface area contributed by atoms with Crippen molar-refractivity contribution in [1.82, 2.24) is 0 Å². The fourth-order valence-electron chi connectivity index (χ4n) is 0.847. The van der Waals surface area contributed by atoms with E-state index in [2.05, 4.69) is 6.58 Å². The molecule has 0 heterocycles. The predicted octanol–water partition coefficient (Wildman–Crippen LogP) is -0.639. The summed E-state index contributed by atoms with van der Waals surface area (Å²) in [6.07, 6.45) is 1.66. The Kier molecular flexibility index (Phi) is 6.39. The maximum absolute atomic E-state index is 8.76. The van der Waals surface area contributed by atoms with Crippen LogP contribution in [0.15, 0.2) is 30.8 Å². The van der Waals surface area contributed by atoms with Crippen molar-refractivity contribution in [2.24, 2.45) is 0 Å². The second-order valence-electron chi connectivity index (χ2n) is 2.25. The van der Waals surface area contributed by atoms with E-state index in [1.165, 1.54) is 0 Å². The molecule has 0 aromatic heterocycles. The van der Waals surface area contributed by atoms with Crippen LogP contribution < -0.4 is 5.46 Å². The molecule has 1 rings (SSSR count). The second-order valence-corrected chi connectivity index (χ2v) is 2.25. The van der Waals surface area contributed by atoms with Gasteiger partial charge in [0.05, 0.1) is 0 Å². The number of hydrogen-bond acceptors (Lipinski definition) is 2. The van der Waals surface area contributed by atoms with Crippen molar-refractivity contribution < 1.29 is 10.0 Å². The molecule has 2 N–H and O–H groups in total. The van der Waals surface area contributed by atoms with E-state index in [-0.39, 0.29) is 51.4 Å². The molecular formula is C8H10BKO2. The zero-order valence-corrected chi connectivity index (χ0v) is 6.07. The summed E-state index contributed by atoms with van der Waals surface area (Å²) in [6, 6.07) is 6.93. The van der Waals surface area contributed by atoms with E-state index in [1.54, 1.807) is 24.3 Å². The number of rotatable bonds is 2. The van der Waals surface area contributed by atoms with Crippen LogP contribution in [0.2, 0.25) is 0 Å². The molecule has 0 bridgehead atoms. The Morgan fingerprint density at radius 1 is 1.33 bits per heavy atom. The molecule has 0 saturated heterocycles. The normalized spacial score (nSPS) is 8.50. The molecule has 0 saturated carbocycles. The summed E-state index contributed by atoms with van der Waals surface area (Å²) in [5.41, 5.74) is 1.37. The molecule has 0 unspecified atom stereocenters. The van der Waals surface area contributed by atoms with Gasteiger partial charge in [-0.15, -0.1) is 0 Å². The summed E-state index contributed by atoms with van der Waals surface area (Å²) in [4.78, 5) is 0. The molecule has 0 radical (unpaired) electrons. The van der Waals surface area contributed by atoms with Crippen LogP contribution in [0.3, 0.4) is 0 Å². The molecule has 4 heteroatoms. The van der Waals surface area contributed by atoms with Gasteiger partial charge in [-0.2, -0.15) is 0 Å². The van der Waals surface area contributed by atoms with Crippen molar-refractivity contribution >= 4 is 70.0 Å². The molecule has 0 spiro atoms. The van der Waals surface area contributed by atoms with Crippen LogP contribution in [-0.4, -0.2) is 68.6 Å². The SMILES string of the molecule is C=Cc1cccc(B(O)O)c1.[KH]. The van der Waals surface area contributed by atoms with Crippen LogP contribution in [0.1, 0.15) is 5.56 Å². The monoisotopic (exact) mass is 188 g/mol. The molecule has 0 atom stereocenters. The predicted molar refractivity (Wildman–Crippen MR) is 53.5 cm³/mol. The Bertz CT molecular complexity index is 263. The van der Waals surface area contributed by atoms with Crippen LogP contribution in [0.4, 0.5) is 0 Å².